The molecule has 2 amide bonds. The molecule has 2 aliphatic heterocycles. The summed E-state index contributed by atoms with van der Waals surface area (Å²) in [6.07, 6.45) is 4.55. The van der Waals surface area contributed by atoms with E-state index in [1.54, 1.807) is 12.3 Å². The van der Waals surface area contributed by atoms with Crippen molar-refractivity contribution >= 4 is 46.7 Å². The van der Waals surface area contributed by atoms with E-state index >= 15 is 0 Å². The summed E-state index contributed by atoms with van der Waals surface area (Å²) in [5, 5.41) is 7.00. The average Bonchev–Trinajstić information content (AvgIpc) is 2.90. The van der Waals surface area contributed by atoms with E-state index in [-0.39, 0.29) is 23.3 Å². The summed E-state index contributed by atoms with van der Waals surface area (Å²) >= 11 is 12.5. The molecular weight excluding hydrogens is 523 g/mol. The van der Waals surface area contributed by atoms with Crippen LogP contribution in [0.25, 0.3) is 11.3 Å². The van der Waals surface area contributed by atoms with Crippen LogP contribution in [0.4, 0.5) is 11.6 Å². The highest BCUT2D eigenvalue weighted by atomic mass is 35.5. The van der Waals surface area contributed by atoms with Gasteiger partial charge in [0, 0.05) is 37.2 Å². The van der Waals surface area contributed by atoms with Crippen LogP contribution >= 0.6 is 23.2 Å². The number of halogens is 2. The lowest BCUT2D eigenvalue weighted by atomic mass is 9.88. The molecule has 10 heteroatoms. The van der Waals surface area contributed by atoms with Crippen molar-refractivity contribution in [3.63, 3.8) is 0 Å². The lowest BCUT2D eigenvalue weighted by Gasteiger charge is -2.40. The SMILES string of the molecule is CC1(NCc2ccc(C3CCC(=O)NC3=O)cc2)CCN(c2cnc(-c3cccc(Cl)c3Cl)c(N)n2)CC1. The number of amides is 2. The van der Waals surface area contributed by atoms with Crippen LogP contribution in [0, 0.1) is 0 Å². The molecule has 1 unspecified atom stereocenters. The maximum absolute atomic E-state index is 12.1. The molecule has 3 heterocycles. The molecule has 1 atom stereocenters. The largest absolute Gasteiger partial charge is 0.382 e. The molecule has 0 aliphatic carbocycles. The molecule has 3 aromatic rings. The van der Waals surface area contributed by atoms with E-state index in [0.29, 0.717) is 40.0 Å². The van der Waals surface area contributed by atoms with Gasteiger partial charge in [0.1, 0.15) is 11.5 Å². The fourth-order valence-electron chi connectivity index (χ4n) is 5.04. The second kappa shape index (κ2) is 10.9. The van der Waals surface area contributed by atoms with E-state index in [0.717, 1.165) is 49.4 Å². The summed E-state index contributed by atoms with van der Waals surface area (Å²) in [5.41, 5.74) is 9.53. The number of carbonyl (C=O) groups excluding carboxylic acids is 2. The molecule has 0 radical (unpaired) electrons. The van der Waals surface area contributed by atoms with Crippen LogP contribution in [0.15, 0.2) is 48.7 Å². The van der Waals surface area contributed by atoms with Crippen LogP contribution in [0.5, 0.6) is 0 Å². The first kappa shape index (κ1) is 26.4. The minimum atomic E-state index is -0.259. The number of piperidine rings is 2. The van der Waals surface area contributed by atoms with E-state index in [4.69, 9.17) is 28.9 Å². The number of nitrogens with one attached hydrogen (secondary N) is 2. The molecule has 2 saturated heterocycles. The van der Waals surface area contributed by atoms with Gasteiger partial charge >= 0.3 is 0 Å². The van der Waals surface area contributed by atoms with E-state index in [1.807, 2.05) is 24.3 Å². The van der Waals surface area contributed by atoms with Crippen molar-refractivity contribution in [1.29, 1.82) is 0 Å². The van der Waals surface area contributed by atoms with Gasteiger partial charge in [-0.1, -0.05) is 59.6 Å². The predicted molar refractivity (Wildman–Crippen MR) is 150 cm³/mol. The Kier molecular flexibility index (Phi) is 7.56. The standard InChI is InChI=1S/C28H30Cl2N6O2/c1-28(33-15-17-5-7-18(8-6-17)19-9-10-23(37)35-27(19)38)11-13-36(14-12-28)22-16-32-25(26(31)34-22)20-3-2-4-21(29)24(20)30/h2-8,16,19,33H,9-15H2,1H3,(H2,31,34)(H,35,37,38). The van der Waals surface area contributed by atoms with Crippen LogP contribution < -0.4 is 21.3 Å². The number of aromatic nitrogens is 2. The minimum Gasteiger partial charge on any atom is -0.382 e. The zero-order valence-electron chi connectivity index (χ0n) is 21.1. The third-order valence-electron chi connectivity index (χ3n) is 7.53. The molecule has 2 aromatic carbocycles. The van der Waals surface area contributed by atoms with Crippen LogP contribution in [-0.4, -0.2) is 40.4 Å². The summed E-state index contributed by atoms with van der Waals surface area (Å²) in [6.45, 7) is 4.62. The molecule has 0 saturated carbocycles. The molecule has 8 nitrogen and oxygen atoms in total. The van der Waals surface area contributed by atoms with E-state index in [2.05, 4.69) is 44.6 Å². The van der Waals surface area contributed by atoms with Crippen molar-refractivity contribution in [2.75, 3.05) is 23.7 Å². The number of nitrogens with zero attached hydrogens (tertiary/aromatic N) is 3. The number of hydrogen-bond acceptors (Lipinski definition) is 7. The van der Waals surface area contributed by atoms with Crippen LogP contribution in [0.1, 0.15) is 49.7 Å². The Labute approximate surface area is 231 Å². The van der Waals surface area contributed by atoms with E-state index < -0.39 is 0 Å². The Balaban J connectivity index is 1.17. The quantitative estimate of drug-likeness (QED) is 0.379. The predicted octanol–water partition coefficient (Wildman–Crippen LogP) is 4.70. The van der Waals surface area contributed by atoms with Crippen molar-refractivity contribution in [3.8, 4) is 11.3 Å². The fourth-order valence-corrected chi connectivity index (χ4v) is 5.43. The van der Waals surface area contributed by atoms with E-state index in [9.17, 15) is 9.59 Å². The van der Waals surface area contributed by atoms with E-state index in [1.165, 1.54) is 0 Å². The van der Waals surface area contributed by atoms with Crippen molar-refractivity contribution < 1.29 is 9.59 Å². The van der Waals surface area contributed by atoms with Crippen molar-refractivity contribution in [3.05, 3.63) is 69.8 Å². The Bertz CT molecular complexity index is 1360. The van der Waals surface area contributed by atoms with Gasteiger partial charge in [0.2, 0.25) is 11.8 Å². The Hall–Kier alpha value is -3.20. The first-order chi connectivity index (χ1) is 18.2. The molecule has 5 rings (SSSR count). The number of benzene rings is 2. The van der Waals surface area contributed by atoms with Gasteiger partial charge in [0.15, 0.2) is 5.82 Å². The highest BCUT2D eigenvalue weighted by Crippen LogP contribution is 2.35. The summed E-state index contributed by atoms with van der Waals surface area (Å²) < 4.78 is 0. The van der Waals surface area contributed by atoms with Gasteiger partial charge < -0.3 is 16.0 Å². The molecule has 1 aromatic heterocycles. The van der Waals surface area contributed by atoms with Crippen molar-refractivity contribution in [1.82, 2.24) is 20.6 Å². The lowest BCUT2D eigenvalue weighted by molar-refractivity contribution is -0.134. The number of hydrogen-bond donors (Lipinski definition) is 3. The molecule has 4 N–H and O–H groups in total. The summed E-state index contributed by atoms with van der Waals surface area (Å²) in [6, 6.07) is 13.4. The maximum atomic E-state index is 12.1. The molecule has 38 heavy (non-hydrogen) atoms. The Morgan fingerprint density at radius 3 is 2.55 bits per heavy atom. The van der Waals surface area contributed by atoms with Gasteiger partial charge in [-0.15, -0.1) is 0 Å². The fraction of sp³-hybridized carbons (Fsp3) is 0.357. The van der Waals surface area contributed by atoms with Gasteiger partial charge in [-0.25, -0.2) is 9.97 Å². The Morgan fingerprint density at radius 1 is 1.13 bits per heavy atom. The molecule has 198 valence electrons. The average molecular weight is 553 g/mol. The zero-order chi connectivity index (χ0) is 26.9. The molecule has 2 fully saturated rings. The van der Waals surface area contributed by atoms with Crippen LogP contribution in [0.2, 0.25) is 10.0 Å². The number of rotatable bonds is 6. The molecule has 2 aliphatic rings. The summed E-state index contributed by atoms with van der Waals surface area (Å²) in [5.74, 6) is 0.404. The van der Waals surface area contributed by atoms with Gasteiger partial charge in [0.05, 0.1) is 22.2 Å². The molecule has 0 bridgehead atoms. The maximum Gasteiger partial charge on any atom is 0.234 e. The van der Waals surface area contributed by atoms with Gasteiger partial charge in [-0.2, -0.15) is 0 Å². The molecule has 0 spiro atoms. The smallest absolute Gasteiger partial charge is 0.234 e. The Morgan fingerprint density at radius 2 is 1.87 bits per heavy atom. The third-order valence-corrected chi connectivity index (χ3v) is 8.34. The second-order valence-electron chi connectivity index (χ2n) is 10.2. The van der Waals surface area contributed by atoms with Crippen molar-refractivity contribution in [2.24, 2.45) is 0 Å². The summed E-state index contributed by atoms with van der Waals surface area (Å²) in [4.78, 5) is 34.9. The third kappa shape index (κ3) is 5.62. The minimum absolute atomic E-state index is 0.0218. The molecular formula is C28H30Cl2N6O2. The number of carbonyl (C=O) groups is 2. The number of imide groups is 1. The zero-order valence-corrected chi connectivity index (χ0v) is 22.6. The first-order valence-corrected chi connectivity index (χ1v) is 13.5. The highest BCUT2D eigenvalue weighted by Gasteiger charge is 2.31. The second-order valence-corrected chi connectivity index (χ2v) is 11.0. The number of nitrogens with two attached hydrogens (primary N) is 1. The normalized spacial score (nSPS) is 19.3. The van der Waals surface area contributed by atoms with Crippen LogP contribution in [-0.2, 0) is 16.1 Å². The van der Waals surface area contributed by atoms with Gasteiger partial charge in [-0.3, -0.25) is 14.9 Å². The van der Waals surface area contributed by atoms with Gasteiger partial charge in [-0.05, 0) is 43.4 Å². The highest BCUT2D eigenvalue weighted by molar-refractivity contribution is 6.43. The van der Waals surface area contributed by atoms with Crippen molar-refractivity contribution in [2.45, 2.75) is 50.6 Å². The number of nitrogen functional groups attached to an aromatic ring is 1. The summed E-state index contributed by atoms with van der Waals surface area (Å²) in [7, 11) is 0. The van der Waals surface area contributed by atoms with Gasteiger partial charge in [0.25, 0.3) is 0 Å². The lowest BCUT2D eigenvalue weighted by Crippen LogP contribution is -2.51. The topological polar surface area (TPSA) is 113 Å². The first-order valence-electron chi connectivity index (χ1n) is 12.7. The monoisotopic (exact) mass is 552 g/mol. The number of anilines is 2. The van der Waals surface area contributed by atoms with Crippen LogP contribution in [0.3, 0.4) is 0 Å².